The Hall–Kier alpha value is -3.09. The normalized spacial score (nSPS) is 12.2. The lowest BCUT2D eigenvalue weighted by molar-refractivity contribution is -0.137. The zero-order valence-corrected chi connectivity index (χ0v) is 18.0. The number of nitrogens with zero attached hydrogens (tertiary/aromatic N) is 3. The largest absolute Gasteiger partial charge is 0.480 e. The van der Waals surface area contributed by atoms with E-state index < -0.39 is 6.10 Å². The third-order valence-corrected chi connectivity index (χ3v) is 5.43. The number of likely N-dealkylation sites (N-methyl/N-ethyl adjacent to an activating group) is 1. The van der Waals surface area contributed by atoms with E-state index in [1.165, 1.54) is 0 Å². The first-order chi connectivity index (χ1) is 13.6. The molecule has 0 aliphatic rings. The lowest BCUT2D eigenvalue weighted by atomic mass is 10.0. The highest BCUT2D eigenvalue weighted by molar-refractivity contribution is 5.89. The van der Waals surface area contributed by atoms with Gasteiger partial charge in [0, 0.05) is 37.5 Å². The molecular formula is C22H27N3O4. The van der Waals surface area contributed by atoms with E-state index >= 15 is 0 Å². The standard InChI is InChI=1S/C22H27N3O4/c1-12-8-18(20-13(2)14(3)22(27)29-19(20)9-12)28-16(5)21(26)24(6)11-17-10-23-25(7)15(17)4/h8-10,16H,11H2,1-7H3. The number of ether oxygens (including phenoxy) is 1. The number of hydrogen-bond donors (Lipinski definition) is 0. The second-order valence-electron chi connectivity index (χ2n) is 7.61. The maximum absolute atomic E-state index is 12.9. The molecule has 154 valence electrons. The van der Waals surface area contributed by atoms with Crippen molar-refractivity contribution in [3.63, 3.8) is 0 Å². The van der Waals surface area contributed by atoms with Gasteiger partial charge in [-0.05, 0) is 57.9 Å². The van der Waals surface area contributed by atoms with Gasteiger partial charge in [0.15, 0.2) is 6.10 Å². The second kappa shape index (κ2) is 7.73. The summed E-state index contributed by atoms with van der Waals surface area (Å²) < 4.78 is 13.3. The fourth-order valence-corrected chi connectivity index (χ4v) is 3.37. The van der Waals surface area contributed by atoms with Crippen molar-refractivity contribution in [2.75, 3.05) is 7.05 Å². The van der Waals surface area contributed by atoms with E-state index in [0.29, 0.717) is 23.4 Å². The summed E-state index contributed by atoms with van der Waals surface area (Å²) in [6.45, 7) is 9.63. The van der Waals surface area contributed by atoms with Crippen molar-refractivity contribution in [2.24, 2.45) is 7.05 Å². The topological polar surface area (TPSA) is 77.6 Å². The highest BCUT2D eigenvalue weighted by Crippen LogP contribution is 2.31. The van der Waals surface area contributed by atoms with Crippen LogP contribution in [-0.4, -0.2) is 33.7 Å². The number of benzene rings is 1. The quantitative estimate of drug-likeness (QED) is 0.618. The highest BCUT2D eigenvalue weighted by Gasteiger charge is 2.23. The predicted molar refractivity (Wildman–Crippen MR) is 111 cm³/mol. The van der Waals surface area contributed by atoms with Crippen molar-refractivity contribution in [3.05, 3.63) is 56.7 Å². The fraction of sp³-hybridized carbons (Fsp3) is 0.409. The minimum Gasteiger partial charge on any atom is -0.480 e. The number of aryl methyl sites for hydroxylation is 3. The van der Waals surface area contributed by atoms with Crippen LogP contribution in [-0.2, 0) is 18.4 Å². The van der Waals surface area contributed by atoms with Crippen LogP contribution in [0.15, 0.2) is 27.5 Å². The molecule has 29 heavy (non-hydrogen) atoms. The average Bonchev–Trinajstić information content (AvgIpc) is 2.97. The summed E-state index contributed by atoms with van der Waals surface area (Å²) >= 11 is 0. The lowest BCUT2D eigenvalue weighted by Crippen LogP contribution is -2.37. The molecule has 1 unspecified atom stereocenters. The number of carbonyl (C=O) groups excluding carboxylic acids is 1. The Bertz CT molecular complexity index is 1140. The summed E-state index contributed by atoms with van der Waals surface area (Å²) in [7, 11) is 3.62. The van der Waals surface area contributed by atoms with E-state index in [-0.39, 0.29) is 11.5 Å². The van der Waals surface area contributed by atoms with Gasteiger partial charge in [-0.15, -0.1) is 0 Å². The fourth-order valence-electron chi connectivity index (χ4n) is 3.37. The van der Waals surface area contributed by atoms with Crippen LogP contribution in [0.2, 0.25) is 0 Å². The van der Waals surface area contributed by atoms with Crippen molar-refractivity contribution in [2.45, 2.75) is 47.3 Å². The number of hydrogen-bond acceptors (Lipinski definition) is 5. The Morgan fingerprint density at radius 2 is 1.93 bits per heavy atom. The van der Waals surface area contributed by atoms with Gasteiger partial charge in [0.2, 0.25) is 0 Å². The van der Waals surface area contributed by atoms with Crippen LogP contribution >= 0.6 is 0 Å². The Labute approximate surface area is 169 Å². The first-order valence-corrected chi connectivity index (χ1v) is 9.54. The van der Waals surface area contributed by atoms with Gasteiger partial charge in [0.25, 0.3) is 5.91 Å². The maximum Gasteiger partial charge on any atom is 0.339 e. The van der Waals surface area contributed by atoms with Crippen LogP contribution in [0, 0.1) is 27.7 Å². The second-order valence-corrected chi connectivity index (χ2v) is 7.61. The Morgan fingerprint density at radius 1 is 1.24 bits per heavy atom. The van der Waals surface area contributed by atoms with E-state index in [0.717, 1.165) is 27.8 Å². The van der Waals surface area contributed by atoms with Gasteiger partial charge in [-0.25, -0.2) is 4.79 Å². The van der Waals surface area contributed by atoms with E-state index in [9.17, 15) is 9.59 Å². The number of aromatic nitrogens is 2. The van der Waals surface area contributed by atoms with Crippen LogP contribution in [0.5, 0.6) is 5.75 Å². The molecule has 0 aliphatic heterocycles. The van der Waals surface area contributed by atoms with Crippen molar-refractivity contribution >= 4 is 16.9 Å². The van der Waals surface area contributed by atoms with Crippen molar-refractivity contribution in [1.29, 1.82) is 0 Å². The van der Waals surface area contributed by atoms with Crippen LogP contribution < -0.4 is 10.4 Å². The Morgan fingerprint density at radius 3 is 2.55 bits per heavy atom. The number of rotatable bonds is 5. The summed E-state index contributed by atoms with van der Waals surface area (Å²) in [5.41, 5.74) is 4.33. The van der Waals surface area contributed by atoms with Gasteiger partial charge in [0.1, 0.15) is 11.3 Å². The molecule has 7 heteroatoms. The van der Waals surface area contributed by atoms with Crippen LogP contribution in [0.4, 0.5) is 0 Å². The molecule has 0 spiro atoms. The predicted octanol–water partition coefficient (Wildman–Crippen LogP) is 3.19. The van der Waals surface area contributed by atoms with Crippen molar-refractivity contribution in [3.8, 4) is 5.75 Å². The van der Waals surface area contributed by atoms with Gasteiger partial charge < -0.3 is 14.1 Å². The Kier molecular flexibility index (Phi) is 5.50. The maximum atomic E-state index is 12.9. The summed E-state index contributed by atoms with van der Waals surface area (Å²) in [5.74, 6) is 0.394. The van der Waals surface area contributed by atoms with Gasteiger partial charge in [-0.3, -0.25) is 9.48 Å². The molecule has 7 nitrogen and oxygen atoms in total. The molecule has 0 fully saturated rings. The van der Waals surface area contributed by atoms with E-state index in [1.54, 1.807) is 42.7 Å². The lowest BCUT2D eigenvalue weighted by Gasteiger charge is -2.23. The average molecular weight is 397 g/mol. The molecule has 1 amide bonds. The van der Waals surface area contributed by atoms with Crippen LogP contribution in [0.25, 0.3) is 11.0 Å². The summed E-state index contributed by atoms with van der Waals surface area (Å²) in [6.07, 6.45) is 1.07. The highest BCUT2D eigenvalue weighted by atomic mass is 16.5. The van der Waals surface area contributed by atoms with Crippen LogP contribution in [0.3, 0.4) is 0 Å². The molecule has 3 aromatic rings. The van der Waals surface area contributed by atoms with E-state index in [1.807, 2.05) is 33.9 Å². The van der Waals surface area contributed by atoms with Gasteiger partial charge in [-0.2, -0.15) is 5.10 Å². The minimum atomic E-state index is -0.700. The molecule has 1 aromatic carbocycles. The molecule has 0 bridgehead atoms. The molecular weight excluding hydrogens is 370 g/mol. The number of carbonyl (C=O) groups is 1. The van der Waals surface area contributed by atoms with Gasteiger partial charge in [-0.1, -0.05) is 0 Å². The van der Waals surface area contributed by atoms with Crippen LogP contribution in [0.1, 0.15) is 34.9 Å². The SMILES string of the molecule is Cc1cc(OC(C)C(=O)N(C)Cc2cnn(C)c2C)c2c(C)c(C)c(=O)oc2c1. The molecule has 0 radical (unpaired) electrons. The third-order valence-electron chi connectivity index (χ3n) is 5.43. The van der Waals surface area contributed by atoms with Gasteiger partial charge >= 0.3 is 5.63 Å². The molecule has 2 aromatic heterocycles. The van der Waals surface area contributed by atoms with E-state index in [2.05, 4.69) is 5.10 Å². The molecule has 0 saturated heterocycles. The third kappa shape index (κ3) is 3.90. The monoisotopic (exact) mass is 397 g/mol. The molecule has 0 saturated carbocycles. The molecule has 2 heterocycles. The molecule has 0 N–H and O–H groups in total. The summed E-state index contributed by atoms with van der Waals surface area (Å²) in [5, 5.41) is 4.94. The van der Waals surface area contributed by atoms with Gasteiger partial charge in [0.05, 0.1) is 11.6 Å². The van der Waals surface area contributed by atoms with Crippen molar-refractivity contribution < 1.29 is 13.9 Å². The number of amides is 1. The first kappa shape index (κ1) is 20.6. The molecule has 3 rings (SSSR count). The summed E-state index contributed by atoms with van der Waals surface area (Å²) in [6, 6.07) is 3.67. The number of fused-ring (bicyclic) bond motifs is 1. The summed E-state index contributed by atoms with van der Waals surface area (Å²) in [4.78, 5) is 26.6. The van der Waals surface area contributed by atoms with Crippen molar-refractivity contribution in [1.82, 2.24) is 14.7 Å². The Balaban J connectivity index is 1.88. The van der Waals surface area contributed by atoms with E-state index in [4.69, 9.17) is 9.15 Å². The first-order valence-electron chi connectivity index (χ1n) is 9.54. The minimum absolute atomic E-state index is 0.144. The molecule has 1 atom stereocenters. The molecule has 0 aliphatic carbocycles. The smallest absolute Gasteiger partial charge is 0.339 e. The zero-order chi connectivity index (χ0) is 21.5. The zero-order valence-electron chi connectivity index (χ0n) is 18.0.